The van der Waals surface area contributed by atoms with E-state index in [-0.39, 0.29) is 10.9 Å². The van der Waals surface area contributed by atoms with Gasteiger partial charge in [0.15, 0.2) is 0 Å². The van der Waals surface area contributed by atoms with Crippen molar-refractivity contribution >= 4 is 12.6 Å². The normalized spacial score (nSPS) is 12.8. The summed E-state index contributed by atoms with van der Waals surface area (Å²) in [5, 5.41) is 0.229. The van der Waals surface area contributed by atoms with Gasteiger partial charge < -0.3 is 16.2 Å². The molecule has 0 amide bonds. The lowest BCUT2D eigenvalue weighted by molar-refractivity contribution is 0.224. The van der Waals surface area contributed by atoms with Crippen LogP contribution in [0.15, 0.2) is 10.9 Å². The van der Waals surface area contributed by atoms with Crippen molar-refractivity contribution in [2.75, 3.05) is 6.61 Å². The Labute approximate surface area is 54.1 Å². The fourth-order valence-corrected chi connectivity index (χ4v) is 0.294. The second-order valence-corrected chi connectivity index (χ2v) is 1.66. The first-order valence-electron chi connectivity index (χ1n) is 2.25. The second kappa shape index (κ2) is 3.49. The van der Waals surface area contributed by atoms with Gasteiger partial charge in [0, 0.05) is 0 Å². The Morgan fingerprint density at radius 2 is 2.12 bits per heavy atom. The zero-order valence-electron chi connectivity index (χ0n) is 4.72. The van der Waals surface area contributed by atoms with Gasteiger partial charge in [-0.1, -0.05) is 0 Å². The smallest absolute Gasteiger partial charge is 0.214 e. The first-order valence-corrected chi connectivity index (χ1v) is 2.70. The minimum atomic E-state index is 0.191. The van der Waals surface area contributed by atoms with Crippen LogP contribution in [0.4, 0.5) is 0 Å². The molecule has 0 aliphatic heterocycles. The van der Waals surface area contributed by atoms with Crippen molar-refractivity contribution < 1.29 is 4.74 Å². The summed E-state index contributed by atoms with van der Waals surface area (Å²) >= 11 is 3.73. The van der Waals surface area contributed by atoms with Crippen LogP contribution in [0, 0.1) is 0 Å². The molecular formula is C4H10N2OS. The van der Waals surface area contributed by atoms with E-state index < -0.39 is 0 Å². The highest BCUT2D eigenvalue weighted by molar-refractivity contribution is 7.84. The maximum Gasteiger partial charge on any atom is 0.214 e. The number of hydrogen-bond acceptors (Lipinski definition) is 4. The van der Waals surface area contributed by atoms with Gasteiger partial charge in [-0.3, -0.25) is 0 Å². The van der Waals surface area contributed by atoms with E-state index in [0.29, 0.717) is 6.61 Å². The molecule has 4 heteroatoms. The standard InChI is InChI=1S/C4H10N2OS/c1-2-7-3(5)4(6)8/h8H,2,5-6H2,1H3/b4-3+. The van der Waals surface area contributed by atoms with Crippen LogP contribution < -0.4 is 11.5 Å². The Kier molecular flexibility index (Phi) is 3.26. The van der Waals surface area contributed by atoms with E-state index in [2.05, 4.69) is 12.6 Å². The van der Waals surface area contributed by atoms with Gasteiger partial charge >= 0.3 is 0 Å². The van der Waals surface area contributed by atoms with Gasteiger partial charge in [-0.25, -0.2) is 0 Å². The SMILES string of the molecule is CCO/C(N)=C(\N)S. The van der Waals surface area contributed by atoms with Crippen LogP contribution in [0.25, 0.3) is 0 Å². The highest BCUT2D eigenvalue weighted by Crippen LogP contribution is 1.95. The Balaban J connectivity index is 3.62. The van der Waals surface area contributed by atoms with Gasteiger partial charge in [0.1, 0.15) is 5.03 Å². The lowest BCUT2D eigenvalue weighted by Gasteiger charge is -2.01. The van der Waals surface area contributed by atoms with Gasteiger partial charge in [0.25, 0.3) is 0 Å². The van der Waals surface area contributed by atoms with Crippen molar-refractivity contribution in [3.8, 4) is 0 Å². The average Bonchev–Trinajstić information content (AvgIpc) is 1.67. The lowest BCUT2D eigenvalue weighted by Crippen LogP contribution is -2.08. The molecule has 4 N–H and O–H groups in total. The number of thiol groups is 1. The monoisotopic (exact) mass is 134 g/mol. The Bertz CT molecular complexity index is 98.2. The van der Waals surface area contributed by atoms with Crippen LogP contribution in [0.2, 0.25) is 0 Å². The van der Waals surface area contributed by atoms with E-state index in [4.69, 9.17) is 16.2 Å². The summed E-state index contributed by atoms with van der Waals surface area (Å²) < 4.78 is 4.76. The summed E-state index contributed by atoms with van der Waals surface area (Å²) in [6.45, 7) is 2.34. The third-order valence-electron chi connectivity index (χ3n) is 0.552. The Hall–Kier alpha value is -0.510. The maximum absolute atomic E-state index is 5.18. The Morgan fingerprint density at radius 1 is 1.62 bits per heavy atom. The number of nitrogens with two attached hydrogens (primary N) is 2. The van der Waals surface area contributed by atoms with Gasteiger partial charge in [0.2, 0.25) is 5.88 Å². The molecule has 0 saturated heterocycles. The lowest BCUT2D eigenvalue weighted by atomic mass is 10.8. The molecule has 8 heavy (non-hydrogen) atoms. The summed E-state index contributed by atoms with van der Waals surface area (Å²) in [5.41, 5.74) is 10.3. The van der Waals surface area contributed by atoms with Crippen LogP contribution in [-0.4, -0.2) is 6.61 Å². The van der Waals surface area contributed by atoms with Crippen molar-refractivity contribution in [2.24, 2.45) is 11.5 Å². The summed E-state index contributed by atoms with van der Waals surface area (Å²) in [7, 11) is 0. The molecule has 0 aromatic rings. The van der Waals surface area contributed by atoms with E-state index in [0.717, 1.165) is 0 Å². The molecule has 0 unspecified atom stereocenters. The van der Waals surface area contributed by atoms with Crippen LogP contribution in [0.5, 0.6) is 0 Å². The van der Waals surface area contributed by atoms with Crippen molar-refractivity contribution in [3.05, 3.63) is 10.9 Å². The highest BCUT2D eigenvalue weighted by Gasteiger charge is 1.89. The fourth-order valence-electron chi connectivity index (χ4n) is 0.229. The third-order valence-corrected chi connectivity index (χ3v) is 0.773. The Morgan fingerprint density at radius 3 is 2.25 bits per heavy atom. The van der Waals surface area contributed by atoms with Gasteiger partial charge in [-0.15, -0.1) is 12.6 Å². The summed E-state index contributed by atoms with van der Waals surface area (Å²) in [5.74, 6) is 0.191. The zero-order valence-corrected chi connectivity index (χ0v) is 5.61. The molecule has 0 spiro atoms. The molecule has 0 saturated carbocycles. The molecular weight excluding hydrogens is 124 g/mol. The van der Waals surface area contributed by atoms with Crippen LogP contribution in [0.1, 0.15) is 6.92 Å². The molecule has 3 nitrogen and oxygen atoms in total. The van der Waals surface area contributed by atoms with Crippen LogP contribution in [0.3, 0.4) is 0 Å². The minimum Gasteiger partial charge on any atom is -0.478 e. The van der Waals surface area contributed by atoms with Gasteiger partial charge in [-0.2, -0.15) is 0 Å². The van der Waals surface area contributed by atoms with Gasteiger partial charge in [0.05, 0.1) is 6.61 Å². The quantitative estimate of drug-likeness (QED) is 0.368. The molecule has 0 aromatic heterocycles. The predicted octanol–water partition coefficient (Wildman–Crippen LogP) is -0.00330. The maximum atomic E-state index is 5.18. The fraction of sp³-hybridized carbons (Fsp3) is 0.500. The molecule has 0 bridgehead atoms. The average molecular weight is 134 g/mol. The third kappa shape index (κ3) is 2.63. The van der Waals surface area contributed by atoms with Gasteiger partial charge in [-0.05, 0) is 6.92 Å². The van der Waals surface area contributed by atoms with Crippen molar-refractivity contribution in [3.63, 3.8) is 0 Å². The molecule has 0 aromatic carbocycles. The first-order chi connectivity index (χ1) is 3.68. The number of ether oxygens (including phenoxy) is 1. The van der Waals surface area contributed by atoms with Crippen molar-refractivity contribution in [2.45, 2.75) is 6.92 Å². The van der Waals surface area contributed by atoms with E-state index in [1.165, 1.54) is 0 Å². The number of hydrogen-bond donors (Lipinski definition) is 3. The van der Waals surface area contributed by atoms with Crippen LogP contribution >= 0.6 is 12.6 Å². The zero-order chi connectivity index (χ0) is 6.57. The molecule has 0 heterocycles. The van der Waals surface area contributed by atoms with Crippen molar-refractivity contribution in [1.82, 2.24) is 0 Å². The molecule has 0 aliphatic rings. The molecule has 48 valence electrons. The topological polar surface area (TPSA) is 61.3 Å². The summed E-state index contributed by atoms with van der Waals surface area (Å²) in [6, 6.07) is 0. The van der Waals surface area contributed by atoms with E-state index in [9.17, 15) is 0 Å². The molecule has 0 aliphatic carbocycles. The first kappa shape index (κ1) is 7.49. The molecule has 0 atom stereocenters. The molecule has 0 radical (unpaired) electrons. The van der Waals surface area contributed by atoms with Crippen molar-refractivity contribution in [1.29, 1.82) is 0 Å². The largest absolute Gasteiger partial charge is 0.478 e. The predicted molar refractivity (Wildman–Crippen MR) is 36.0 cm³/mol. The molecule has 0 rings (SSSR count). The van der Waals surface area contributed by atoms with E-state index in [1.54, 1.807) is 0 Å². The summed E-state index contributed by atoms with van der Waals surface area (Å²) in [6.07, 6.45) is 0. The summed E-state index contributed by atoms with van der Waals surface area (Å²) in [4.78, 5) is 0. The van der Waals surface area contributed by atoms with E-state index >= 15 is 0 Å². The minimum absolute atomic E-state index is 0.191. The molecule has 0 fully saturated rings. The van der Waals surface area contributed by atoms with Crippen LogP contribution in [-0.2, 0) is 4.74 Å². The highest BCUT2D eigenvalue weighted by atomic mass is 32.1. The number of rotatable bonds is 2. The second-order valence-electron chi connectivity index (χ2n) is 1.18. The van der Waals surface area contributed by atoms with E-state index in [1.807, 2.05) is 6.92 Å².